The van der Waals surface area contributed by atoms with Gasteiger partial charge < -0.3 is 10.1 Å². The number of imidazole rings is 1. The number of rotatable bonds is 2. The first-order valence-electron chi connectivity index (χ1n) is 4.85. The Hall–Kier alpha value is -1.35. The molecular formula is C11H14N2O. The number of benzene rings is 1. The van der Waals surface area contributed by atoms with E-state index < -0.39 is 6.10 Å². The molecule has 3 nitrogen and oxygen atoms in total. The lowest BCUT2D eigenvalue weighted by Crippen LogP contribution is -1.96. The summed E-state index contributed by atoms with van der Waals surface area (Å²) in [5.41, 5.74) is 3.10. The Bertz CT molecular complexity index is 447. The zero-order chi connectivity index (χ0) is 10.1. The van der Waals surface area contributed by atoms with Crippen LogP contribution < -0.4 is 0 Å². The van der Waals surface area contributed by atoms with E-state index in [2.05, 4.69) is 9.97 Å². The number of nitrogens with one attached hydrogen (secondary N) is 1. The maximum Gasteiger partial charge on any atom is 0.136 e. The van der Waals surface area contributed by atoms with Gasteiger partial charge in [0.1, 0.15) is 11.9 Å². The molecule has 1 aromatic carbocycles. The van der Waals surface area contributed by atoms with Gasteiger partial charge in [0.05, 0.1) is 11.0 Å². The van der Waals surface area contributed by atoms with Gasteiger partial charge in [-0.2, -0.15) is 0 Å². The molecular weight excluding hydrogens is 176 g/mol. The molecule has 1 unspecified atom stereocenters. The van der Waals surface area contributed by atoms with E-state index in [1.807, 2.05) is 32.0 Å². The molecule has 0 fully saturated rings. The normalized spacial score (nSPS) is 13.4. The molecule has 0 bridgehead atoms. The summed E-state index contributed by atoms with van der Waals surface area (Å²) in [6, 6.07) is 6.02. The molecule has 1 aromatic heterocycles. The zero-order valence-corrected chi connectivity index (χ0v) is 8.41. The minimum Gasteiger partial charge on any atom is -0.385 e. The van der Waals surface area contributed by atoms with E-state index >= 15 is 0 Å². The second kappa shape index (κ2) is 3.42. The molecule has 3 heteroatoms. The molecule has 0 saturated heterocycles. The van der Waals surface area contributed by atoms with Gasteiger partial charge in [-0.3, -0.25) is 0 Å². The van der Waals surface area contributed by atoms with Gasteiger partial charge in [-0.15, -0.1) is 0 Å². The van der Waals surface area contributed by atoms with E-state index in [1.165, 1.54) is 5.56 Å². The third kappa shape index (κ3) is 1.51. The van der Waals surface area contributed by atoms with E-state index in [1.54, 1.807) is 0 Å². The van der Waals surface area contributed by atoms with Gasteiger partial charge in [0.15, 0.2) is 0 Å². The van der Waals surface area contributed by atoms with Crippen LogP contribution in [0.2, 0.25) is 0 Å². The monoisotopic (exact) mass is 190 g/mol. The number of aromatic nitrogens is 2. The molecule has 0 aliphatic carbocycles. The molecule has 1 atom stereocenters. The molecule has 1 heterocycles. The second-order valence-corrected chi connectivity index (χ2v) is 3.57. The van der Waals surface area contributed by atoms with Gasteiger partial charge in [0, 0.05) is 0 Å². The average Bonchev–Trinajstić information content (AvgIpc) is 2.59. The highest BCUT2D eigenvalue weighted by atomic mass is 16.3. The number of fused-ring (bicyclic) bond motifs is 1. The Labute approximate surface area is 82.8 Å². The van der Waals surface area contributed by atoms with Crippen LogP contribution in [0.25, 0.3) is 11.0 Å². The van der Waals surface area contributed by atoms with Crippen molar-refractivity contribution in [3.63, 3.8) is 0 Å². The lowest BCUT2D eigenvalue weighted by Gasteiger charge is -2.00. The molecule has 74 valence electrons. The first kappa shape index (κ1) is 9.21. The van der Waals surface area contributed by atoms with Crippen LogP contribution in [0, 0.1) is 6.92 Å². The van der Waals surface area contributed by atoms with Crippen molar-refractivity contribution in [3.8, 4) is 0 Å². The van der Waals surface area contributed by atoms with Crippen molar-refractivity contribution in [1.29, 1.82) is 0 Å². The summed E-state index contributed by atoms with van der Waals surface area (Å²) >= 11 is 0. The Kier molecular flexibility index (Phi) is 2.25. The van der Waals surface area contributed by atoms with Crippen molar-refractivity contribution in [1.82, 2.24) is 9.97 Å². The van der Waals surface area contributed by atoms with E-state index in [9.17, 15) is 5.11 Å². The van der Waals surface area contributed by atoms with Crippen LogP contribution >= 0.6 is 0 Å². The molecule has 2 N–H and O–H groups in total. The van der Waals surface area contributed by atoms with Gasteiger partial charge in [0.25, 0.3) is 0 Å². The first-order valence-corrected chi connectivity index (χ1v) is 4.85. The summed E-state index contributed by atoms with van der Waals surface area (Å²) in [5, 5.41) is 9.61. The predicted molar refractivity (Wildman–Crippen MR) is 56.1 cm³/mol. The van der Waals surface area contributed by atoms with Gasteiger partial charge in [-0.25, -0.2) is 4.98 Å². The fourth-order valence-electron chi connectivity index (χ4n) is 1.49. The molecule has 0 amide bonds. The quantitative estimate of drug-likeness (QED) is 0.763. The largest absolute Gasteiger partial charge is 0.385 e. The highest BCUT2D eigenvalue weighted by Crippen LogP contribution is 2.18. The van der Waals surface area contributed by atoms with Crippen molar-refractivity contribution in [2.24, 2.45) is 0 Å². The first-order chi connectivity index (χ1) is 6.70. The Morgan fingerprint density at radius 3 is 3.00 bits per heavy atom. The molecule has 0 spiro atoms. The molecule has 0 aliphatic rings. The van der Waals surface area contributed by atoms with Crippen LogP contribution in [0.3, 0.4) is 0 Å². The van der Waals surface area contributed by atoms with E-state index in [4.69, 9.17) is 0 Å². The second-order valence-electron chi connectivity index (χ2n) is 3.57. The zero-order valence-electron chi connectivity index (χ0n) is 8.41. The van der Waals surface area contributed by atoms with Crippen molar-refractivity contribution in [3.05, 3.63) is 29.6 Å². The summed E-state index contributed by atoms with van der Waals surface area (Å²) < 4.78 is 0. The summed E-state index contributed by atoms with van der Waals surface area (Å²) in [7, 11) is 0. The number of aromatic amines is 1. The Balaban J connectivity index is 2.51. The van der Waals surface area contributed by atoms with Crippen LogP contribution in [0.4, 0.5) is 0 Å². The lowest BCUT2D eigenvalue weighted by molar-refractivity contribution is 0.165. The van der Waals surface area contributed by atoms with Crippen molar-refractivity contribution in [2.45, 2.75) is 26.4 Å². The molecule has 2 aromatic rings. The number of nitrogens with zero attached hydrogens (tertiary/aromatic N) is 1. The minimum atomic E-state index is -0.484. The molecule has 2 rings (SSSR count). The summed E-state index contributed by atoms with van der Waals surface area (Å²) in [6.45, 7) is 3.97. The number of hydrogen-bond acceptors (Lipinski definition) is 2. The van der Waals surface area contributed by atoms with Crippen LogP contribution in [-0.2, 0) is 0 Å². The number of aliphatic hydroxyl groups is 1. The van der Waals surface area contributed by atoms with Crippen LogP contribution in [0.5, 0.6) is 0 Å². The maximum atomic E-state index is 9.61. The highest BCUT2D eigenvalue weighted by Gasteiger charge is 2.09. The van der Waals surface area contributed by atoms with E-state index in [-0.39, 0.29) is 0 Å². The topological polar surface area (TPSA) is 48.9 Å². The third-order valence-corrected chi connectivity index (χ3v) is 2.36. The number of H-pyrrole nitrogens is 1. The van der Waals surface area contributed by atoms with Crippen LogP contribution in [0.1, 0.15) is 30.8 Å². The maximum absolute atomic E-state index is 9.61. The van der Waals surface area contributed by atoms with Gasteiger partial charge >= 0.3 is 0 Å². The average molecular weight is 190 g/mol. The van der Waals surface area contributed by atoms with Crippen molar-refractivity contribution in [2.75, 3.05) is 0 Å². The van der Waals surface area contributed by atoms with Gasteiger partial charge in [0.2, 0.25) is 0 Å². The Morgan fingerprint density at radius 2 is 2.29 bits per heavy atom. The fourth-order valence-corrected chi connectivity index (χ4v) is 1.49. The SMILES string of the molecule is CCC(O)c1nc2ccc(C)cc2[nH]1. The van der Waals surface area contributed by atoms with Gasteiger partial charge in [-0.1, -0.05) is 13.0 Å². The summed E-state index contributed by atoms with van der Waals surface area (Å²) in [4.78, 5) is 7.44. The highest BCUT2D eigenvalue weighted by molar-refractivity contribution is 5.75. The Morgan fingerprint density at radius 1 is 1.50 bits per heavy atom. The van der Waals surface area contributed by atoms with Crippen molar-refractivity contribution < 1.29 is 5.11 Å². The van der Waals surface area contributed by atoms with Gasteiger partial charge in [-0.05, 0) is 31.0 Å². The lowest BCUT2D eigenvalue weighted by atomic mass is 10.2. The number of aliphatic hydroxyl groups excluding tert-OH is 1. The molecule has 0 saturated carbocycles. The predicted octanol–water partition coefficient (Wildman–Crippen LogP) is 2.31. The van der Waals surface area contributed by atoms with E-state index in [0.717, 1.165) is 11.0 Å². The molecule has 0 radical (unpaired) electrons. The summed E-state index contributed by atoms with van der Waals surface area (Å²) in [5.74, 6) is 0.660. The number of hydrogen-bond donors (Lipinski definition) is 2. The molecule has 0 aliphatic heterocycles. The summed E-state index contributed by atoms with van der Waals surface area (Å²) in [6.07, 6.45) is 0.196. The smallest absolute Gasteiger partial charge is 0.136 e. The fraction of sp³-hybridized carbons (Fsp3) is 0.364. The minimum absolute atomic E-state index is 0.484. The van der Waals surface area contributed by atoms with E-state index in [0.29, 0.717) is 12.2 Å². The third-order valence-electron chi connectivity index (χ3n) is 2.36. The standard InChI is InChI=1S/C11H14N2O/c1-3-10(14)11-12-8-5-4-7(2)6-9(8)13-11/h4-6,10,14H,3H2,1-2H3,(H,12,13). The van der Waals surface area contributed by atoms with Crippen LogP contribution in [-0.4, -0.2) is 15.1 Å². The van der Waals surface area contributed by atoms with Crippen molar-refractivity contribution >= 4 is 11.0 Å². The van der Waals surface area contributed by atoms with Crippen LogP contribution in [0.15, 0.2) is 18.2 Å². The molecule has 14 heavy (non-hydrogen) atoms. The number of aryl methyl sites for hydroxylation is 1.